The first-order valence-corrected chi connectivity index (χ1v) is 7.64. The molecular weight excluding hydrogens is 276 g/mol. The van der Waals surface area contributed by atoms with E-state index in [0.717, 1.165) is 12.0 Å². The molecule has 0 bridgehead atoms. The van der Waals surface area contributed by atoms with Gasteiger partial charge in [0, 0.05) is 6.20 Å². The number of hydrogen-bond acceptors (Lipinski definition) is 5. The second-order valence-electron chi connectivity index (χ2n) is 4.21. The first-order chi connectivity index (χ1) is 9.62. The summed E-state index contributed by atoms with van der Waals surface area (Å²) in [5.74, 6) is 0. The Kier molecular flexibility index (Phi) is 4.78. The number of nitrogens with zero attached hydrogens (tertiary/aromatic N) is 2. The zero-order chi connectivity index (χ0) is 14.4. The topological polar surface area (TPSA) is 98.0 Å². The van der Waals surface area contributed by atoms with Crippen molar-refractivity contribution in [3.8, 4) is 0 Å². The number of sulfonamides is 1. The van der Waals surface area contributed by atoms with Crippen LogP contribution in [0.15, 0.2) is 47.8 Å². The summed E-state index contributed by atoms with van der Waals surface area (Å²) in [7, 11) is -3.53. The van der Waals surface area contributed by atoms with Gasteiger partial charge in [-0.3, -0.25) is 0 Å². The number of benzene rings is 1. The van der Waals surface area contributed by atoms with Gasteiger partial charge in [-0.05, 0) is 36.7 Å². The van der Waals surface area contributed by atoms with Gasteiger partial charge in [0.2, 0.25) is 10.0 Å². The molecule has 7 heteroatoms. The van der Waals surface area contributed by atoms with Crippen molar-refractivity contribution in [1.82, 2.24) is 14.7 Å². The minimum Gasteiger partial charge on any atom is -0.330 e. The van der Waals surface area contributed by atoms with E-state index in [1.807, 2.05) is 0 Å². The molecule has 0 fully saturated rings. The van der Waals surface area contributed by atoms with Gasteiger partial charge in [0.1, 0.15) is 6.33 Å². The van der Waals surface area contributed by atoms with Crippen molar-refractivity contribution in [3.05, 3.63) is 54.1 Å². The van der Waals surface area contributed by atoms with Gasteiger partial charge in [-0.1, -0.05) is 12.1 Å². The molecule has 0 saturated heterocycles. The van der Waals surface area contributed by atoms with Gasteiger partial charge >= 0.3 is 0 Å². The molecule has 0 radical (unpaired) electrons. The highest BCUT2D eigenvalue weighted by Gasteiger charge is 2.13. The quantitative estimate of drug-likeness (QED) is 0.806. The van der Waals surface area contributed by atoms with Crippen LogP contribution in [0.4, 0.5) is 0 Å². The Balaban J connectivity index is 2.06. The summed E-state index contributed by atoms with van der Waals surface area (Å²) in [6.07, 6.45) is 3.68. The largest absolute Gasteiger partial charge is 0.330 e. The molecular formula is C13H16N4O2S. The van der Waals surface area contributed by atoms with Crippen molar-refractivity contribution in [1.29, 1.82) is 0 Å². The minimum atomic E-state index is -3.53. The predicted octanol–water partition coefficient (Wildman–Crippen LogP) is 0.456. The monoisotopic (exact) mass is 292 g/mol. The molecule has 0 amide bonds. The van der Waals surface area contributed by atoms with Gasteiger partial charge in [-0.15, -0.1) is 0 Å². The Morgan fingerprint density at radius 2 is 1.90 bits per heavy atom. The van der Waals surface area contributed by atoms with Gasteiger partial charge in [0.05, 0.1) is 17.1 Å². The van der Waals surface area contributed by atoms with Crippen LogP contribution in [0.25, 0.3) is 0 Å². The van der Waals surface area contributed by atoms with Crippen LogP contribution < -0.4 is 10.5 Å². The van der Waals surface area contributed by atoms with E-state index in [1.165, 1.54) is 6.33 Å². The lowest BCUT2D eigenvalue weighted by Crippen LogP contribution is -2.23. The van der Waals surface area contributed by atoms with Crippen LogP contribution in [0.5, 0.6) is 0 Å². The molecule has 6 nitrogen and oxygen atoms in total. The van der Waals surface area contributed by atoms with Crippen LogP contribution >= 0.6 is 0 Å². The molecule has 2 rings (SSSR count). The smallest absolute Gasteiger partial charge is 0.240 e. The number of nitrogens with two attached hydrogens (primary N) is 1. The standard InChI is InChI=1S/C13H16N4O2S/c14-7-5-11-1-3-13(4-2-11)20(18,19)17-9-12-6-8-15-10-16-12/h1-4,6,8,10,17H,5,7,9,14H2. The maximum absolute atomic E-state index is 12.1. The van der Waals surface area contributed by atoms with Crippen LogP contribution in [-0.2, 0) is 23.0 Å². The summed E-state index contributed by atoms with van der Waals surface area (Å²) in [6, 6.07) is 8.35. The Morgan fingerprint density at radius 3 is 2.50 bits per heavy atom. The number of nitrogens with one attached hydrogen (secondary N) is 1. The van der Waals surface area contributed by atoms with Crippen LogP contribution in [0, 0.1) is 0 Å². The van der Waals surface area contributed by atoms with E-state index in [4.69, 9.17) is 5.73 Å². The fourth-order valence-corrected chi connectivity index (χ4v) is 2.68. The van der Waals surface area contributed by atoms with Crippen molar-refractivity contribution in [2.75, 3.05) is 6.54 Å². The second-order valence-corrected chi connectivity index (χ2v) is 5.97. The Labute approximate surface area is 118 Å². The Bertz CT molecular complexity index is 642. The molecule has 106 valence electrons. The Morgan fingerprint density at radius 1 is 1.15 bits per heavy atom. The van der Waals surface area contributed by atoms with Gasteiger partial charge in [-0.2, -0.15) is 0 Å². The van der Waals surface area contributed by atoms with Crippen molar-refractivity contribution in [2.45, 2.75) is 17.9 Å². The number of rotatable bonds is 6. The predicted molar refractivity (Wildman–Crippen MR) is 75.3 cm³/mol. The fraction of sp³-hybridized carbons (Fsp3) is 0.231. The minimum absolute atomic E-state index is 0.134. The van der Waals surface area contributed by atoms with Crippen LogP contribution in [0.3, 0.4) is 0 Å². The molecule has 0 aliphatic heterocycles. The number of hydrogen-bond donors (Lipinski definition) is 2. The van der Waals surface area contributed by atoms with Crippen LogP contribution in [-0.4, -0.2) is 24.9 Å². The van der Waals surface area contributed by atoms with Crippen LogP contribution in [0.2, 0.25) is 0 Å². The average molecular weight is 292 g/mol. The molecule has 1 heterocycles. The summed E-state index contributed by atoms with van der Waals surface area (Å²) in [5.41, 5.74) is 7.08. The second kappa shape index (κ2) is 6.56. The average Bonchev–Trinajstić information content (AvgIpc) is 2.47. The summed E-state index contributed by atoms with van der Waals surface area (Å²) < 4.78 is 26.7. The highest BCUT2D eigenvalue weighted by atomic mass is 32.2. The first-order valence-electron chi connectivity index (χ1n) is 6.15. The van der Waals surface area contributed by atoms with Gasteiger partial charge in [0.15, 0.2) is 0 Å². The maximum Gasteiger partial charge on any atom is 0.240 e. The molecule has 0 atom stereocenters. The molecule has 0 saturated carbocycles. The normalized spacial score (nSPS) is 11.4. The van der Waals surface area contributed by atoms with E-state index in [0.29, 0.717) is 12.2 Å². The third-order valence-corrected chi connectivity index (χ3v) is 4.17. The summed E-state index contributed by atoms with van der Waals surface area (Å²) in [4.78, 5) is 7.97. The maximum atomic E-state index is 12.1. The van der Waals surface area contributed by atoms with E-state index in [-0.39, 0.29) is 11.4 Å². The van der Waals surface area contributed by atoms with Crippen LogP contribution in [0.1, 0.15) is 11.3 Å². The third kappa shape index (κ3) is 3.83. The summed E-state index contributed by atoms with van der Waals surface area (Å²) >= 11 is 0. The van der Waals surface area contributed by atoms with Gasteiger partial charge in [0.25, 0.3) is 0 Å². The molecule has 0 aliphatic carbocycles. The van der Waals surface area contributed by atoms with Crippen molar-refractivity contribution >= 4 is 10.0 Å². The lowest BCUT2D eigenvalue weighted by atomic mass is 10.2. The van der Waals surface area contributed by atoms with Crippen molar-refractivity contribution in [3.63, 3.8) is 0 Å². The molecule has 0 spiro atoms. The van der Waals surface area contributed by atoms with Gasteiger partial charge in [-0.25, -0.2) is 23.1 Å². The van der Waals surface area contributed by atoms with E-state index in [2.05, 4.69) is 14.7 Å². The lowest BCUT2D eigenvalue weighted by molar-refractivity contribution is 0.580. The zero-order valence-corrected chi connectivity index (χ0v) is 11.7. The molecule has 3 N–H and O–H groups in total. The molecule has 0 aliphatic rings. The van der Waals surface area contributed by atoms with Gasteiger partial charge < -0.3 is 5.73 Å². The molecule has 2 aromatic rings. The number of aromatic nitrogens is 2. The fourth-order valence-electron chi connectivity index (χ4n) is 1.68. The van der Waals surface area contributed by atoms with E-state index >= 15 is 0 Å². The van der Waals surface area contributed by atoms with Crippen molar-refractivity contribution < 1.29 is 8.42 Å². The van der Waals surface area contributed by atoms with E-state index < -0.39 is 10.0 Å². The molecule has 1 aromatic heterocycles. The summed E-state index contributed by atoms with van der Waals surface area (Å²) in [5, 5.41) is 0. The summed E-state index contributed by atoms with van der Waals surface area (Å²) in [6.45, 7) is 0.674. The zero-order valence-electron chi connectivity index (χ0n) is 10.9. The molecule has 0 unspecified atom stereocenters. The Hall–Kier alpha value is -1.83. The highest BCUT2D eigenvalue weighted by Crippen LogP contribution is 2.11. The SMILES string of the molecule is NCCc1ccc(S(=O)(=O)NCc2ccncn2)cc1. The first kappa shape index (κ1) is 14.6. The van der Waals surface area contributed by atoms with E-state index in [9.17, 15) is 8.42 Å². The van der Waals surface area contributed by atoms with E-state index in [1.54, 1.807) is 36.5 Å². The van der Waals surface area contributed by atoms with Crippen molar-refractivity contribution in [2.24, 2.45) is 5.73 Å². The molecule has 1 aromatic carbocycles. The third-order valence-electron chi connectivity index (χ3n) is 2.75. The lowest BCUT2D eigenvalue weighted by Gasteiger charge is -2.07. The highest BCUT2D eigenvalue weighted by molar-refractivity contribution is 7.89. The molecule has 20 heavy (non-hydrogen) atoms.